The van der Waals surface area contributed by atoms with E-state index in [1.807, 2.05) is 30.3 Å². The Morgan fingerprint density at radius 2 is 1.85 bits per heavy atom. The molecule has 0 spiro atoms. The highest BCUT2D eigenvalue weighted by Gasteiger charge is 2.22. The van der Waals surface area contributed by atoms with Crippen LogP contribution in [0.1, 0.15) is 45.4 Å². The smallest absolute Gasteiger partial charge is 0.321 e. The highest BCUT2D eigenvalue weighted by Crippen LogP contribution is 2.17. The minimum Gasteiger partial charge on any atom is -0.494 e. The minimum absolute atomic E-state index is 0.116. The van der Waals surface area contributed by atoms with E-state index >= 15 is 0 Å². The molecule has 7 nitrogen and oxygen atoms in total. The molecule has 0 radical (unpaired) electrons. The maximum absolute atomic E-state index is 11.9. The summed E-state index contributed by atoms with van der Waals surface area (Å²) in [6.45, 7) is 1.82. The molecule has 0 heterocycles. The van der Waals surface area contributed by atoms with Crippen molar-refractivity contribution in [3.8, 4) is 5.75 Å². The SMILES string of the molecule is C[C@H](OC(=O)CCCOc1ccccc1)C(=O)NC(=O)NC1CCCC1. The number of hydrogen-bond donors (Lipinski definition) is 2. The second kappa shape index (κ2) is 10.4. The zero-order chi connectivity index (χ0) is 18.8. The van der Waals surface area contributed by atoms with Crippen molar-refractivity contribution in [3.05, 3.63) is 30.3 Å². The van der Waals surface area contributed by atoms with E-state index in [1.165, 1.54) is 6.92 Å². The lowest BCUT2D eigenvalue weighted by Gasteiger charge is -2.15. The molecule has 2 rings (SSSR count). The molecule has 1 aliphatic carbocycles. The van der Waals surface area contributed by atoms with Crippen LogP contribution in [0.4, 0.5) is 4.79 Å². The number of nitrogens with one attached hydrogen (secondary N) is 2. The number of rotatable bonds is 8. The molecule has 26 heavy (non-hydrogen) atoms. The first-order valence-electron chi connectivity index (χ1n) is 9.03. The number of para-hydroxylation sites is 1. The minimum atomic E-state index is -1.02. The molecule has 7 heteroatoms. The lowest BCUT2D eigenvalue weighted by molar-refractivity contribution is -0.154. The topological polar surface area (TPSA) is 93.7 Å². The van der Waals surface area contributed by atoms with E-state index < -0.39 is 24.0 Å². The lowest BCUT2D eigenvalue weighted by atomic mass is 10.2. The summed E-state index contributed by atoms with van der Waals surface area (Å²) in [5.74, 6) is -0.392. The summed E-state index contributed by atoms with van der Waals surface area (Å²) in [6.07, 6.45) is 3.62. The van der Waals surface area contributed by atoms with Crippen molar-refractivity contribution >= 4 is 17.9 Å². The molecule has 0 aromatic heterocycles. The monoisotopic (exact) mass is 362 g/mol. The van der Waals surface area contributed by atoms with Gasteiger partial charge in [0.25, 0.3) is 5.91 Å². The molecular weight excluding hydrogens is 336 g/mol. The number of imide groups is 1. The molecule has 1 aliphatic rings. The van der Waals surface area contributed by atoms with Crippen LogP contribution in [-0.2, 0) is 14.3 Å². The summed E-state index contributed by atoms with van der Waals surface area (Å²) in [7, 11) is 0. The molecule has 1 aromatic rings. The first kappa shape index (κ1) is 19.8. The molecule has 1 fully saturated rings. The molecule has 0 unspecified atom stereocenters. The summed E-state index contributed by atoms with van der Waals surface area (Å²) < 4.78 is 10.5. The maximum atomic E-state index is 11.9. The summed E-state index contributed by atoms with van der Waals surface area (Å²) >= 11 is 0. The number of carbonyl (C=O) groups is 3. The first-order valence-corrected chi connectivity index (χ1v) is 9.03. The van der Waals surface area contributed by atoms with E-state index in [0.29, 0.717) is 13.0 Å². The van der Waals surface area contributed by atoms with Gasteiger partial charge in [-0.3, -0.25) is 14.9 Å². The first-order chi connectivity index (χ1) is 12.5. The van der Waals surface area contributed by atoms with Gasteiger partial charge in [-0.2, -0.15) is 0 Å². The second-order valence-corrected chi connectivity index (χ2v) is 6.34. The van der Waals surface area contributed by atoms with Gasteiger partial charge in [0.05, 0.1) is 6.61 Å². The number of urea groups is 1. The average Bonchev–Trinajstić information content (AvgIpc) is 3.12. The molecule has 1 saturated carbocycles. The van der Waals surface area contributed by atoms with Gasteiger partial charge in [-0.15, -0.1) is 0 Å². The van der Waals surface area contributed by atoms with Gasteiger partial charge in [0.15, 0.2) is 6.10 Å². The van der Waals surface area contributed by atoms with E-state index in [-0.39, 0.29) is 12.5 Å². The Bertz CT molecular complexity index is 599. The van der Waals surface area contributed by atoms with E-state index in [1.54, 1.807) is 0 Å². The van der Waals surface area contributed by atoms with Crippen molar-refractivity contribution in [1.29, 1.82) is 0 Å². The van der Waals surface area contributed by atoms with Crippen LogP contribution < -0.4 is 15.4 Å². The van der Waals surface area contributed by atoms with E-state index in [2.05, 4.69) is 10.6 Å². The fourth-order valence-electron chi connectivity index (χ4n) is 2.74. The van der Waals surface area contributed by atoms with Crippen molar-refractivity contribution in [1.82, 2.24) is 10.6 Å². The average molecular weight is 362 g/mol. The molecule has 3 amide bonds. The molecule has 2 N–H and O–H groups in total. The van der Waals surface area contributed by atoms with Crippen LogP contribution >= 0.6 is 0 Å². The third kappa shape index (κ3) is 7.13. The third-order valence-electron chi connectivity index (χ3n) is 4.14. The molecular formula is C19H26N2O5. The van der Waals surface area contributed by atoms with Crippen molar-refractivity contribution in [2.75, 3.05) is 6.61 Å². The number of carbonyl (C=O) groups excluding carboxylic acids is 3. The van der Waals surface area contributed by atoms with Crippen molar-refractivity contribution in [3.63, 3.8) is 0 Å². The number of benzene rings is 1. The third-order valence-corrected chi connectivity index (χ3v) is 4.14. The number of esters is 1. The summed E-state index contributed by atoms with van der Waals surface area (Å²) in [5, 5.41) is 4.96. The Hall–Kier alpha value is -2.57. The Labute approximate surface area is 153 Å². The molecule has 1 aromatic carbocycles. The Kier molecular flexibility index (Phi) is 7.92. The zero-order valence-corrected chi connectivity index (χ0v) is 15.0. The van der Waals surface area contributed by atoms with Crippen LogP contribution in [0.2, 0.25) is 0 Å². The number of amides is 3. The predicted octanol–water partition coefficient (Wildman–Crippen LogP) is 2.55. The van der Waals surface area contributed by atoms with Gasteiger partial charge in [0.1, 0.15) is 5.75 Å². The number of hydrogen-bond acceptors (Lipinski definition) is 5. The van der Waals surface area contributed by atoms with Crippen LogP contribution in [0.15, 0.2) is 30.3 Å². The maximum Gasteiger partial charge on any atom is 0.321 e. The van der Waals surface area contributed by atoms with Crippen molar-refractivity contribution in [2.24, 2.45) is 0 Å². The van der Waals surface area contributed by atoms with E-state index in [0.717, 1.165) is 31.4 Å². The molecule has 0 saturated heterocycles. The van der Waals surface area contributed by atoms with Crippen LogP contribution in [-0.4, -0.2) is 36.7 Å². The van der Waals surface area contributed by atoms with Crippen molar-refractivity contribution < 1.29 is 23.9 Å². The molecule has 0 bridgehead atoms. The molecule has 1 atom stereocenters. The normalized spacial score (nSPS) is 15.1. The fraction of sp³-hybridized carbons (Fsp3) is 0.526. The van der Waals surface area contributed by atoms with Gasteiger partial charge in [0, 0.05) is 12.5 Å². The lowest BCUT2D eigenvalue weighted by Crippen LogP contribution is -2.47. The summed E-state index contributed by atoms with van der Waals surface area (Å²) in [6, 6.07) is 8.87. The van der Waals surface area contributed by atoms with Gasteiger partial charge in [-0.05, 0) is 38.3 Å². The fourth-order valence-corrected chi connectivity index (χ4v) is 2.74. The summed E-state index contributed by atoms with van der Waals surface area (Å²) in [5.41, 5.74) is 0. The van der Waals surface area contributed by atoms with Crippen LogP contribution in [0.3, 0.4) is 0 Å². The van der Waals surface area contributed by atoms with Gasteiger partial charge in [-0.1, -0.05) is 31.0 Å². The summed E-state index contributed by atoms with van der Waals surface area (Å²) in [4.78, 5) is 35.4. The molecule has 0 aliphatic heterocycles. The highest BCUT2D eigenvalue weighted by atomic mass is 16.5. The van der Waals surface area contributed by atoms with Gasteiger partial charge in [0.2, 0.25) is 0 Å². The quantitative estimate of drug-likeness (QED) is 0.547. The standard InChI is InChI=1S/C19H26N2O5/c1-14(18(23)21-19(24)20-15-8-5-6-9-15)26-17(22)12-7-13-25-16-10-3-2-4-11-16/h2-4,10-11,14-15H,5-9,12-13H2,1H3,(H2,20,21,23,24)/t14-/m0/s1. The van der Waals surface area contributed by atoms with Crippen molar-refractivity contribution in [2.45, 2.75) is 57.6 Å². The number of ether oxygens (including phenoxy) is 2. The Balaban J connectivity index is 1.59. The van der Waals surface area contributed by atoms with Crippen LogP contribution in [0.25, 0.3) is 0 Å². The van der Waals surface area contributed by atoms with Gasteiger partial charge < -0.3 is 14.8 Å². The molecule has 142 valence electrons. The van der Waals surface area contributed by atoms with Gasteiger partial charge >= 0.3 is 12.0 Å². The van der Waals surface area contributed by atoms with E-state index in [4.69, 9.17) is 9.47 Å². The largest absolute Gasteiger partial charge is 0.494 e. The highest BCUT2D eigenvalue weighted by molar-refractivity contribution is 5.97. The van der Waals surface area contributed by atoms with E-state index in [9.17, 15) is 14.4 Å². The predicted molar refractivity (Wildman–Crippen MR) is 95.7 cm³/mol. The Morgan fingerprint density at radius 1 is 1.15 bits per heavy atom. The second-order valence-electron chi connectivity index (χ2n) is 6.34. The Morgan fingerprint density at radius 3 is 2.54 bits per heavy atom. The van der Waals surface area contributed by atoms with Crippen LogP contribution in [0.5, 0.6) is 5.75 Å². The zero-order valence-electron chi connectivity index (χ0n) is 15.0. The van der Waals surface area contributed by atoms with Gasteiger partial charge in [-0.25, -0.2) is 4.79 Å². The van der Waals surface area contributed by atoms with Crippen LogP contribution in [0, 0.1) is 0 Å².